The molecule has 3 heterocycles. The molecule has 5 aromatic rings. The number of fused-ring (bicyclic) bond motifs is 3. The standard InChI is InChI=1S/C36H42N4O4/c1-5-43-36(41)35-29(17-10-22-44-32-18-8-13-26-12-6-7-14-27(26)32)28-15-9-16-30-33-25(2)40(21-23-42-4)37-31(33)24-38(3)19-11-20-39(35)34(28)30/h6-9,12-16,18H,5,10-11,17,19-24H2,1-4H3. The van der Waals surface area contributed by atoms with Crippen LogP contribution in [0.5, 0.6) is 5.75 Å². The Morgan fingerprint density at radius 1 is 0.977 bits per heavy atom. The second-order valence-electron chi connectivity index (χ2n) is 11.5. The van der Waals surface area contributed by atoms with Crippen LogP contribution < -0.4 is 4.74 Å². The van der Waals surface area contributed by atoms with Crippen LogP contribution in [-0.4, -0.2) is 65.7 Å². The van der Waals surface area contributed by atoms with Crippen LogP contribution in [0.2, 0.25) is 0 Å². The monoisotopic (exact) mass is 594 g/mol. The molecule has 44 heavy (non-hydrogen) atoms. The smallest absolute Gasteiger partial charge is 0.355 e. The predicted octanol–water partition coefficient (Wildman–Crippen LogP) is 6.64. The summed E-state index contributed by atoms with van der Waals surface area (Å²) in [4.78, 5) is 16.0. The molecule has 0 radical (unpaired) electrons. The van der Waals surface area contributed by atoms with E-state index in [-0.39, 0.29) is 5.97 Å². The second-order valence-corrected chi connectivity index (χ2v) is 11.5. The largest absolute Gasteiger partial charge is 0.493 e. The van der Waals surface area contributed by atoms with Gasteiger partial charge in [-0.3, -0.25) is 4.68 Å². The topological polar surface area (TPSA) is 70.8 Å². The maximum Gasteiger partial charge on any atom is 0.355 e. The molecule has 0 atom stereocenters. The number of carbonyl (C=O) groups excluding carboxylic acids is 1. The summed E-state index contributed by atoms with van der Waals surface area (Å²) in [5, 5.41) is 8.42. The lowest BCUT2D eigenvalue weighted by atomic mass is 9.98. The summed E-state index contributed by atoms with van der Waals surface area (Å²) < 4.78 is 21.7. The lowest BCUT2D eigenvalue weighted by Crippen LogP contribution is -2.23. The van der Waals surface area contributed by atoms with Crippen LogP contribution in [0.4, 0.5) is 0 Å². The van der Waals surface area contributed by atoms with Crippen LogP contribution in [0.15, 0.2) is 60.7 Å². The third kappa shape index (κ3) is 5.72. The van der Waals surface area contributed by atoms with Crippen molar-refractivity contribution in [2.75, 3.05) is 40.5 Å². The van der Waals surface area contributed by atoms with E-state index in [1.807, 2.05) is 31.2 Å². The van der Waals surface area contributed by atoms with Gasteiger partial charge in [0.1, 0.15) is 11.4 Å². The van der Waals surface area contributed by atoms with Crippen LogP contribution in [0.3, 0.4) is 0 Å². The van der Waals surface area contributed by atoms with Gasteiger partial charge in [0.2, 0.25) is 0 Å². The maximum absolute atomic E-state index is 13.7. The Bertz CT molecular complexity index is 1780. The Morgan fingerprint density at radius 2 is 1.77 bits per heavy atom. The maximum atomic E-state index is 13.7. The number of methoxy groups -OCH3 is 1. The fourth-order valence-corrected chi connectivity index (χ4v) is 6.64. The first-order chi connectivity index (χ1) is 21.5. The number of nitrogens with zero attached hydrogens (tertiary/aromatic N) is 4. The quantitative estimate of drug-likeness (QED) is 0.133. The van der Waals surface area contributed by atoms with Crippen LogP contribution in [-0.2, 0) is 35.5 Å². The van der Waals surface area contributed by atoms with Crippen LogP contribution in [0.1, 0.15) is 47.2 Å². The fraction of sp³-hybridized carbons (Fsp3) is 0.389. The minimum Gasteiger partial charge on any atom is -0.493 e. The highest BCUT2D eigenvalue weighted by atomic mass is 16.5. The number of esters is 1. The number of para-hydroxylation sites is 1. The van der Waals surface area contributed by atoms with Crippen molar-refractivity contribution in [3.63, 3.8) is 0 Å². The summed E-state index contributed by atoms with van der Waals surface area (Å²) >= 11 is 0. The van der Waals surface area contributed by atoms with Gasteiger partial charge < -0.3 is 23.7 Å². The van der Waals surface area contributed by atoms with E-state index in [4.69, 9.17) is 19.3 Å². The van der Waals surface area contributed by atoms with E-state index in [0.717, 1.165) is 88.0 Å². The van der Waals surface area contributed by atoms with E-state index in [1.54, 1.807) is 7.11 Å². The van der Waals surface area contributed by atoms with Crippen molar-refractivity contribution in [2.24, 2.45) is 0 Å². The van der Waals surface area contributed by atoms with Gasteiger partial charge in [0.25, 0.3) is 0 Å². The van der Waals surface area contributed by atoms with Crippen molar-refractivity contribution in [3.05, 3.63) is 83.3 Å². The average Bonchev–Trinajstić information content (AvgIpc) is 3.51. The Morgan fingerprint density at radius 3 is 2.61 bits per heavy atom. The Balaban J connectivity index is 1.42. The zero-order chi connectivity index (χ0) is 30.6. The zero-order valence-electron chi connectivity index (χ0n) is 26.3. The minimum atomic E-state index is -0.266. The lowest BCUT2D eigenvalue weighted by molar-refractivity contribution is 0.0512. The molecule has 8 heteroatoms. The van der Waals surface area contributed by atoms with Crippen molar-refractivity contribution in [1.29, 1.82) is 0 Å². The first-order valence-corrected chi connectivity index (χ1v) is 15.7. The van der Waals surface area contributed by atoms with E-state index in [1.165, 1.54) is 0 Å². The van der Waals surface area contributed by atoms with Crippen LogP contribution in [0, 0.1) is 6.92 Å². The van der Waals surface area contributed by atoms with E-state index in [2.05, 4.69) is 64.5 Å². The highest BCUT2D eigenvalue weighted by molar-refractivity contribution is 6.05. The van der Waals surface area contributed by atoms with Crippen molar-refractivity contribution in [2.45, 2.75) is 52.7 Å². The molecule has 1 aliphatic rings. The van der Waals surface area contributed by atoms with Crippen molar-refractivity contribution >= 4 is 27.6 Å². The number of ether oxygens (including phenoxy) is 3. The molecule has 230 valence electrons. The molecule has 0 amide bonds. The number of hydrogen-bond donors (Lipinski definition) is 0. The van der Waals surface area contributed by atoms with E-state index >= 15 is 0 Å². The highest BCUT2D eigenvalue weighted by Gasteiger charge is 2.28. The first-order valence-electron chi connectivity index (χ1n) is 15.7. The van der Waals surface area contributed by atoms with Gasteiger partial charge >= 0.3 is 5.97 Å². The van der Waals surface area contributed by atoms with Gasteiger partial charge in [-0.15, -0.1) is 0 Å². The molecule has 3 aromatic carbocycles. The van der Waals surface area contributed by atoms with Gasteiger partial charge in [-0.05, 0) is 63.7 Å². The van der Waals surface area contributed by atoms with Gasteiger partial charge in [0.15, 0.2) is 0 Å². The molecule has 8 nitrogen and oxygen atoms in total. The molecular formula is C36H42N4O4. The summed E-state index contributed by atoms with van der Waals surface area (Å²) in [6.07, 6.45) is 2.37. The average molecular weight is 595 g/mol. The molecule has 0 spiro atoms. The Labute approximate surface area is 259 Å². The molecule has 0 fully saturated rings. The predicted molar refractivity (Wildman–Crippen MR) is 174 cm³/mol. The highest BCUT2D eigenvalue weighted by Crippen LogP contribution is 2.39. The Kier molecular flexibility index (Phi) is 9.00. The minimum absolute atomic E-state index is 0.266. The number of aromatic nitrogens is 3. The summed E-state index contributed by atoms with van der Waals surface area (Å²) in [6, 6.07) is 20.9. The molecular weight excluding hydrogens is 552 g/mol. The van der Waals surface area contributed by atoms with Gasteiger partial charge in [0.05, 0.1) is 37.6 Å². The third-order valence-corrected chi connectivity index (χ3v) is 8.63. The molecule has 0 saturated carbocycles. The van der Waals surface area contributed by atoms with E-state index in [9.17, 15) is 4.79 Å². The normalized spacial score (nSPS) is 13.7. The molecule has 0 bridgehead atoms. The summed E-state index contributed by atoms with van der Waals surface area (Å²) in [5.74, 6) is 0.618. The summed E-state index contributed by atoms with van der Waals surface area (Å²) in [5.41, 5.74) is 7.17. The summed E-state index contributed by atoms with van der Waals surface area (Å²) in [7, 11) is 3.86. The van der Waals surface area contributed by atoms with E-state index in [0.29, 0.717) is 38.5 Å². The SMILES string of the molecule is CCOC(=O)c1c(CCCOc2cccc3ccccc23)c2cccc3c2n1CCCN(C)Cc1nn(CCOC)c(C)c1-3. The Hall–Kier alpha value is -4.14. The van der Waals surface area contributed by atoms with Gasteiger partial charge in [-0.25, -0.2) is 4.79 Å². The summed E-state index contributed by atoms with van der Waals surface area (Å²) in [6.45, 7) is 8.53. The first kappa shape index (κ1) is 29.9. The molecule has 6 rings (SSSR count). The lowest BCUT2D eigenvalue weighted by Gasteiger charge is -2.20. The van der Waals surface area contributed by atoms with Crippen molar-refractivity contribution in [1.82, 2.24) is 19.2 Å². The molecule has 0 aliphatic carbocycles. The zero-order valence-corrected chi connectivity index (χ0v) is 26.3. The molecule has 0 saturated heterocycles. The van der Waals surface area contributed by atoms with Crippen molar-refractivity contribution < 1.29 is 19.0 Å². The van der Waals surface area contributed by atoms with Crippen LogP contribution in [0.25, 0.3) is 32.8 Å². The van der Waals surface area contributed by atoms with Gasteiger partial charge in [-0.1, -0.05) is 54.6 Å². The molecule has 2 aromatic heterocycles. The number of benzene rings is 3. The fourth-order valence-electron chi connectivity index (χ4n) is 6.64. The van der Waals surface area contributed by atoms with Gasteiger partial charge in [-0.2, -0.15) is 5.10 Å². The number of aryl methyl sites for hydroxylation is 2. The second kappa shape index (κ2) is 13.2. The van der Waals surface area contributed by atoms with Gasteiger partial charge in [0, 0.05) is 47.8 Å². The number of rotatable bonds is 10. The molecule has 1 aliphatic heterocycles. The molecule has 0 unspecified atom stereocenters. The third-order valence-electron chi connectivity index (χ3n) is 8.63. The van der Waals surface area contributed by atoms with E-state index < -0.39 is 0 Å². The van der Waals surface area contributed by atoms with Crippen LogP contribution >= 0.6 is 0 Å². The van der Waals surface area contributed by atoms with Crippen molar-refractivity contribution in [3.8, 4) is 16.9 Å². The number of carbonyl (C=O) groups is 1. The molecule has 0 N–H and O–H groups in total. The number of hydrogen-bond acceptors (Lipinski definition) is 6.